The van der Waals surface area contributed by atoms with Crippen LogP contribution >= 0.6 is 0 Å². The average molecular weight is 378 g/mol. The zero-order valence-electron chi connectivity index (χ0n) is 14.9. The number of rotatable bonds is 4. The van der Waals surface area contributed by atoms with E-state index < -0.39 is 17.9 Å². The van der Waals surface area contributed by atoms with E-state index >= 15 is 0 Å². The van der Waals surface area contributed by atoms with Crippen molar-refractivity contribution in [2.75, 3.05) is 24.5 Å². The van der Waals surface area contributed by atoms with Crippen molar-refractivity contribution in [3.8, 4) is 11.3 Å². The van der Waals surface area contributed by atoms with Crippen LogP contribution in [-0.4, -0.2) is 67.7 Å². The van der Waals surface area contributed by atoms with Crippen LogP contribution in [0.5, 0.6) is 0 Å². The average Bonchev–Trinajstić information content (AvgIpc) is 3.24. The summed E-state index contributed by atoms with van der Waals surface area (Å²) in [4.78, 5) is 36.2. The van der Waals surface area contributed by atoms with Gasteiger partial charge in [-0.3, -0.25) is 9.89 Å². The van der Waals surface area contributed by atoms with Gasteiger partial charge in [0.15, 0.2) is 0 Å². The Bertz CT molecular complexity index is 976. The van der Waals surface area contributed by atoms with Gasteiger partial charge in [0.2, 0.25) is 5.95 Å². The molecule has 1 atom stereocenters. The maximum absolute atomic E-state index is 12.9. The molecule has 2 aromatic heterocycles. The molecule has 2 N–H and O–H groups in total. The number of H-pyrrole nitrogens is 1. The molecule has 1 saturated heterocycles. The van der Waals surface area contributed by atoms with Crippen molar-refractivity contribution in [3.05, 3.63) is 60.6 Å². The smallest absolute Gasteiger partial charge is 0.328 e. The summed E-state index contributed by atoms with van der Waals surface area (Å²) in [6.07, 6.45) is 3.21. The van der Waals surface area contributed by atoms with Crippen LogP contribution in [0.4, 0.5) is 5.95 Å². The minimum Gasteiger partial charge on any atom is -0.480 e. The van der Waals surface area contributed by atoms with Crippen LogP contribution in [-0.2, 0) is 4.79 Å². The lowest BCUT2D eigenvalue weighted by molar-refractivity contribution is -0.142. The maximum atomic E-state index is 12.9. The first-order valence-electron chi connectivity index (χ1n) is 8.80. The highest BCUT2D eigenvalue weighted by Gasteiger charge is 2.37. The highest BCUT2D eigenvalue weighted by Crippen LogP contribution is 2.21. The number of carboxylic acids is 1. The van der Waals surface area contributed by atoms with Crippen LogP contribution in [0.2, 0.25) is 0 Å². The summed E-state index contributed by atoms with van der Waals surface area (Å²) in [7, 11) is 0. The van der Waals surface area contributed by atoms with E-state index in [-0.39, 0.29) is 18.8 Å². The summed E-state index contributed by atoms with van der Waals surface area (Å²) in [5, 5.41) is 16.6. The van der Waals surface area contributed by atoms with Gasteiger partial charge in [-0.2, -0.15) is 5.10 Å². The molecule has 3 aromatic rings. The minimum atomic E-state index is -1.07. The second-order valence-corrected chi connectivity index (χ2v) is 6.38. The van der Waals surface area contributed by atoms with Gasteiger partial charge in [0, 0.05) is 31.0 Å². The van der Waals surface area contributed by atoms with Gasteiger partial charge in [0.25, 0.3) is 5.91 Å². The third kappa shape index (κ3) is 3.41. The third-order valence-corrected chi connectivity index (χ3v) is 4.64. The van der Waals surface area contributed by atoms with Gasteiger partial charge in [-0.1, -0.05) is 30.3 Å². The van der Waals surface area contributed by atoms with Crippen molar-refractivity contribution in [2.24, 2.45) is 0 Å². The van der Waals surface area contributed by atoms with Gasteiger partial charge in [0.05, 0.1) is 12.2 Å². The van der Waals surface area contributed by atoms with Crippen LogP contribution in [0, 0.1) is 0 Å². The van der Waals surface area contributed by atoms with Crippen molar-refractivity contribution in [3.63, 3.8) is 0 Å². The van der Waals surface area contributed by atoms with Crippen LogP contribution in [0.1, 0.15) is 10.5 Å². The second kappa shape index (κ2) is 7.47. The number of hydrogen-bond donors (Lipinski definition) is 2. The van der Waals surface area contributed by atoms with Crippen molar-refractivity contribution >= 4 is 17.8 Å². The van der Waals surface area contributed by atoms with Crippen molar-refractivity contribution in [2.45, 2.75) is 6.04 Å². The van der Waals surface area contributed by atoms with E-state index in [4.69, 9.17) is 0 Å². The standard InChI is InChI=1S/C19H18N6O3/c26-17(15-11-14(22-23-15)13-5-2-1-3-6-13)25-10-9-24(12-16(25)18(27)28)19-20-7-4-8-21-19/h1-8,11,16H,9-10,12H2,(H,22,23)(H,27,28)/t16-/m1/s1. The van der Waals surface area contributed by atoms with E-state index in [1.165, 1.54) is 4.90 Å². The Labute approximate surface area is 160 Å². The number of nitrogens with one attached hydrogen (secondary N) is 1. The fraction of sp³-hybridized carbons (Fsp3) is 0.211. The highest BCUT2D eigenvalue weighted by molar-refractivity contribution is 5.96. The molecule has 0 radical (unpaired) electrons. The predicted octanol–water partition coefficient (Wildman–Crippen LogP) is 1.28. The van der Waals surface area contributed by atoms with Crippen LogP contribution in [0.15, 0.2) is 54.9 Å². The molecule has 1 amide bonds. The first-order chi connectivity index (χ1) is 13.6. The quantitative estimate of drug-likeness (QED) is 0.703. The monoisotopic (exact) mass is 378 g/mol. The number of aromatic amines is 1. The summed E-state index contributed by atoms with van der Waals surface area (Å²) in [5.74, 6) is -1.01. The van der Waals surface area contributed by atoms with Crippen LogP contribution < -0.4 is 4.90 Å². The number of aromatic nitrogens is 4. The molecule has 28 heavy (non-hydrogen) atoms. The summed E-state index contributed by atoms with van der Waals surface area (Å²) in [6, 6.07) is 11.8. The van der Waals surface area contributed by atoms with Crippen molar-refractivity contribution in [1.82, 2.24) is 25.1 Å². The number of hydrogen-bond acceptors (Lipinski definition) is 6. The number of amides is 1. The molecule has 0 unspecified atom stereocenters. The molecule has 9 nitrogen and oxygen atoms in total. The first kappa shape index (κ1) is 17.7. The minimum absolute atomic E-state index is 0.116. The molecule has 1 aromatic carbocycles. The van der Waals surface area contributed by atoms with Crippen molar-refractivity contribution in [1.29, 1.82) is 0 Å². The molecule has 1 fully saturated rings. The van der Waals surface area contributed by atoms with Gasteiger partial charge in [-0.05, 0) is 12.1 Å². The Balaban J connectivity index is 1.54. The topological polar surface area (TPSA) is 115 Å². The predicted molar refractivity (Wildman–Crippen MR) is 101 cm³/mol. The van der Waals surface area contributed by atoms with E-state index in [1.807, 2.05) is 30.3 Å². The van der Waals surface area contributed by atoms with Gasteiger partial charge in [-0.15, -0.1) is 0 Å². The Morgan fingerprint density at radius 1 is 1.07 bits per heavy atom. The molecule has 9 heteroatoms. The number of carbonyl (C=O) groups excluding carboxylic acids is 1. The van der Waals surface area contributed by atoms with Gasteiger partial charge in [-0.25, -0.2) is 14.8 Å². The number of nitrogens with zero attached hydrogens (tertiary/aromatic N) is 5. The van der Waals surface area contributed by atoms with E-state index in [9.17, 15) is 14.7 Å². The molecular formula is C19H18N6O3. The Hall–Kier alpha value is -3.75. The van der Waals surface area contributed by atoms with Crippen LogP contribution in [0.25, 0.3) is 11.3 Å². The maximum Gasteiger partial charge on any atom is 0.328 e. The SMILES string of the molecule is O=C(O)[C@H]1CN(c2ncccn2)CCN1C(=O)c1cc(-c2ccccc2)n[nH]1. The lowest BCUT2D eigenvalue weighted by Gasteiger charge is -2.38. The molecule has 1 aliphatic rings. The molecule has 3 heterocycles. The fourth-order valence-corrected chi connectivity index (χ4v) is 3.22. The third-order valence-electron chi connectivity index (χ3n) is 4.64. The first-order valence-corrected chi connectivity index (χ1v) is 8.80. The largest absolute Gasteiger partial charge is 0.480 e. The molecule has 142 valence electrons. The summed E-state index contributed by atoms with van der Waals surface area (Å²) >= 11 is 0. The van der Waals surface area contributed by atoms with E-state index in [0.717, 1.165) is 5.56 Å². The van der Waals surface area contributed by atoms with E-state index in [0.29, 0.717) is 18.2 Å². The zero-order valence-corrected chi connectivity index (χ0v) is 14.9. The lowest BCUT2D eigenvalue weighted by atomic mass is 10.1. The lowest BCUT2D eigenvalue weighted by Crippen LogP contribution is -2.58. The Morgan fingerprint density at radius 3 is 2.54 bits per heavy atom. The zero-order chi connectivity index (χ0) is 19.5. The molecule has 0 spiro atoms. The number of piperazine rings is 1. The molecule has 4 rings (SSSR count). The second-order valence-electron chi connectivity index (χ2n) is 6.38. The highest BCUT2D eigenvalue weighted by atomic mass is 16.4. The number of aliphatic carboxylic acids is 1. The van der Waals surface area contributed by atoms with Gasteiger partial charge < -0.3 is 14.9 Å². The van der Waals surface area contributed by atoms with Crippen molar-refractivity contribution < 1.29 is 14.7 Å². The van der Waals surface area contributed by atoms with Gasteiger partial charge >= 0.3 is 5.97 Å². The Morgan fingerprint density at radius 2 is 1.82 bits per heavy atom. The number of carbonyl (C=O) groups is 2. The van der Waals surface area contributed by atoms with Gasteiger partial charge in [0.1, 0.15) is 11.7 Å². The van der Waals surface area contributed by atoms with E-state index in [2.05, 4.69) is 20.2 Å². The molecular weight excluding hydrogens is 360 g/mol. The molecule has 1 aliphatic heterocycles. The number of carboxylic acid groups (broad SMARTS) is 1. The summed E-state index contributed by atoms with van der Waals surface area (Å²) < 4.78 is 0. The molecule has 0 bridgehead atoms. The summed E-state index contributed by atoms with van der Waals surface area (Å²) in [6.45, 7) is 0.803. The van der Waals surface area contributed by atoms with E-state index in [1.54, 1.807) is 29.4 Å². The number of anilines is 1. The summed E-state index contributed by atoms with van der Waals surface area (Å²) in [5.41, 5.74) is 1.76. The molecule has 0 saturated carbocycles. The fourth-order valence-electron chi connectivity index (χ4n) is 3.22. The molecule has 0 aliphatic carbocycles. The normalized spacial score (nSPS) is 16.8. The number of benzene rings is 1. The van der Waals surface area contributed by atoms with Crippen LogP contribution in [0.3, 0.4) is 0 Å². The Kier molecular flexibility index (Phi) is 4.71.